The van der Waals surface area contributed by atoms with E-state index in [1.54, 1.807) is 11.8 Å². The van der Waals surface area contributed by atoms with E-state index >= 15 is 0 Å². The third-order valence-corrected chi connectivity index (χ3v) is 5.24. The van der Waals surface area contributed by atoms with Crippen LogP contribution in [-0.4, -0.2) is 35.7 Å². The van der Waals surface area contributed by atoms with Gasteiger partial charge in [0.05, 0.1) is 5.70 Å². The average molecular weight is 373 g/mol. The molecule has 0 aliphatic carbocycles. The number of aryl methyl sites for hydroxylation is 1. The Kier molecular flexibility index (Phi) is 6.19. The Bertz CT molecular complexity index is 796. The van der Waals surface area contributed by atoms with Crippen LogP contribution in [0.2, 0.25) is 0 Å². The van der Waals surface area contributed by atoms with E-state index in [9.17, 15) is 0 Å². The predicted octanol–water partition coefficient (Wildman–Crippen LogP) is 3.54. The summed E-state index contributed by atoms with van der Waals surface area (Å²) in [7, 11) is 0. The predicted molar refractivity (Wildman–Crippen MR) is 108 cm³/mol. The summed E-state index contributed by atoms with van der Waals surface area (Å²) in [5.74, 6) is 1.62. The molecule has 3 heterocycles. The van der Waals surface area contributed by atoms with Gasteiger partial charge in [-0.1, -0.05) is 6.07 Å². The molecule has 2 N–H and O–H groups in total. The number of aliphatic imine (C=N–C) groups is 2. The average Bonchev–Trinajstić information content (AvgIpc) is 3.09. The number of nitrogens with zero attached hydrogens (tertiary/aromatic N) is 4. The van der Waals surface area contributed by atoms with Gasteiger partial charge in [-0.2, -0.15) is 0 Å². The third kappa shape index (κ3) is 4.90. The molecule has 0 spiro atoms. The normalized spacial score (nSPS) is 14.6. The minimum absolute atomic E-state index is 0.773. The highest BCUT2D eigenvalue weighted by Crippen LogP contribution is 2.26. The first kappa shape index (κ1) is 17.6. The van der Waals surface area contributed by atoms with Crippen molar-refractivity contribution in [1.29, 1.82) is 0 Å². The SMILES string of the molecule is C=N/C(=C\SCc1cccnc1C)c1csc(NC2=NCCCN2)n1. The molecule has 6 nitrogen and oxygen atoms in total. The topological polar surface area (TPSA) is 74.6 Å². The van der Waals surface area contributed by atoms with Gasteiger partial charge in [-0.25, -0.2) is 4.98 Å². The van der Waals surface area contributed by atoms with Crippen molar-refractivity contribution in [2.24, 2.45) is 9.98 Å². The largest absolute Gasteiger partial charge is 0.356 e. The van der Waals surface area contributed by atoms with Gasteiger partial charge >= 0.3 is 0 Å². The number of nitrogens with one attached hydrogen (secondary N) is 2. The van der Waals surface area contributed by atoms with Crippen LogP contribution in [-0.2, 0) is 5.75 Å². The Morgan fingerprint density at radius 3 is 3.24 bits per heavy atom. The van der Waals surface area contributed by atoms with Crippen molar-refractivity contribution in [1.82, 2.24) is 15.3 Å². The summed E-state index contributed by atoms with van der Waals surface area (Å²) in [6.45, 7) is 7.47. The van der Waals surface area contributed by atoms with Crippen LogP contribution in [0.4, 0.5) is 5.13 Å². The molecule has 0 amide bonds. The third-order valence-electron chi connectivity index (χ3n) is 3.61. The number of thioether (sulfide) groups is 1. The second kappa shape index (κ2) is 8.77. The molecule has 3 rings (SSSR count). The molecule has 0 saturated heterocycles. The van der Waals surface area contributed by atoms with Crippen LogP contribution in [0.1, 0.15) is 23.4 Å². The molecule has 0 aromatic carbocycles. The molecule has 8 heteroatoms. The summed E-state index contributed by atoms with van der Waals surface area (Å²) in [5.41, 5.74) is 3.86. The maximum atomic E-state index is 4.58. The summed E-state index contributed by atoms with van der Waals surface area (Å²) in [5, 5.41) is 11.2. The smallest absolute Gasteiger partial charge is 0.197 e. The quantitative estimate of drug-likeness (QED) is 0.759. The Hall–Kier alpha value is -2.19. The molecule has 0 radical (unpaired) electrons. The number of pyridine rings is 1. The van der Waals surface area contributed by atoms with Crippen LogP contribution >= 0.6 is 23.1 Å². The fraction of sp³-hybridized carbons (Fsp3) is 0.294. The molecule has 1 aliphatic rings. The number of anilines is 1. The highest BCUT2D eigenvalue weighted by atomic mass is 32.2. The van der Waals surface area contributed by atoms with Gasteiger partial charge in [-0.05, 0) is 37.1 Å². The highest BCUT2D eigenvalue weighted by molar-refractivity contribution is 8.01. The zero-order chi connectivity index (χ0) is 17.5. The molecule has 2 aromatic rings. The van der Waals surface area contributed by atoms with E-state index in [0.29, 0.717) is 0 Å². The standard InChI is InChI=1S/C17H20N6S2/c1-12-13(5-3-6-19-12)9-24-10-14(18-2)15-11-25-17(22-15)23-16-20-7-4-8-21-16/h3,5-6,10-11H,2,4,7-9H2,1H3,(H2,20,21,22,23)/b14-10-. The minimum Gasteiger partial charge on any atom is -0.356 e. The molecule has 0 bridgehead atoms. The number of hydrogen-bond donors (Lipinski definition) is 2. The van der Waals surface area contributed by atoms with Crippen molar-refractivity contribution in [3.8, 4) is 0 Å². The molecular weight excluding hydrogens is 352 g/mol. The van der Waals surface area contributed by atoms with E-state index in [4.69, 9.17) is 0 Å². The number of aromatic nitrogens is 2. The van der Waals surface area contributed by atoms with Gasteiger partial charge in [0.2, 0.25) is 0 Å². The van der Waals surface area contributed by atoms with E-state index < -0.39 is 0 Å². The molecule has 0 saturated carbocycles. The Morgan fingerprint density at radius 1 is 1.56 bits per heavy atom. The van der Waals surface area contributed by atoms with E-state index in [2.05, 4.69) is 43.4 Å². The van der Waals surface area contributed by atoms with Crippen molar-refractivity contribution in [3.05, 3.63) is 46.1 Å². The van der Waals surface area contributed by atoms with Crippen LogP contribution in [0.5, 0.6) is 0 Å². The molecule has 0 unspecified atom stereocenters. The molecule has 1 aliphatic heterocycles. The molecule has 0 atom stereocenters. The molecular formula is C17H20N6S2. The fourth-order valence-electron chi connectivity index (χ4n) is 2.23. The lowest BCUT2D eigenvalue weighted by Gasteiger charge is -2.14. The van der Waals surface area contributed by atoms with Crippen LogP contribution in [0.25, 0.3) is 5.70 Å². The lowest BCUT2D eigenvalue weighted by atomic mass is 10.2. The van der Waals surface area contributed by atoms with E-state index in [-0.39, 0.29) is 0 Å². The van der Waals surface area contributed by atoms with Gasteiger partial charge in [0.25, 0.3) is 0 Å². The second-order valence-electron chi connectivity index (χ2n) is 5.39. The first-order valence-electron chi connectivity index (χ1n) is 7.96. The van der Waals surface area contributed by atoms with Crippen LogP contribution in [0, 0.1) is 6.92 Å². The van der Waals surface area contributed by atoms with Crippen molar-refractivity contribution < 1.29 is 0 Å². The minimum atomic E-state index is 0.773. The summed E-state index contributed by atoms with van der Waals surface area (Å²) in [4.78, 5) is 17.4. The van der Waals surface area contributed by atoms with Crippen LogP contribution in [0.15, 0.2) is 39.1 Å². The monoisotopic (exact) mass is 372 g/mol. The van der Waals surface area contributed by atoms with Crippen molar-refractivity contribution in [2.45, 2.75) is 19.1 Å². The lowest BCUT2D eigenvalue weighted by molar-refractivity contribution is 0.740. The lowest BCUT2D eigenvalue weighted by Crippen LogP contribution is -2.35. The van der Waals surface area contributed by atoms with Crippen LogP contribution < -0.4 is 10.6 Å². The zero-order valence-corrected chi connectivity index (χ0v) is 15.7. The Labute approximate surface area is 155 Å². The van der Waals surface area contributed by atoms with Crippen molar-refractivity contribution in [3.63, 3.8) is 0 Å². The summed E-state index contributed by atoms with van der Waals surface area (Å²) in [6.07, 6.45) is 2.88. The number of rotatable bonds is 6. The first-order chi connectivity index (χ1) is 12.3. The molecule has 25 heavy (non-hydrogen) atoms. The van der Waals surface area contributed by atoms with Gasteiger partial charge < -0.3 is 10.6 Å². The van der Waals surface area contributed by atoms with Crippen LogP contribution in [0.3, 0.4) is 0 Å². The van der Waals surface area contributed by atoms with Gasteiger partial charge in [0.1, 0.15) is 5.69 Å². The molecule has 2 aromatic heterocycles. The van der Waals surface area contributed by atoms with Gasteiger partial charge in [-0.15, -0.1) is 23.1 Å². The highest BCUT2D eigenvalue weighted by Gasteiger charge is 2.09. The number of thiazole rings is 1. The van der Waals surface area contributed by atoms with Crippen molar-refractivity contribution in [2.75, 3.05) is 18.4 Å². The van der Waals surface area contributed by atoms with Gasteiger partial charge in [-0.3, -0.25) is 15.0 Å². The van der Waals surface area contributed by atoms with E-state index in [1.165, 1.54) is 16.9 Å². The molecule has 0 fully saturated rings. The Morgan fingerprint density at radius 2 is 2.48 bits per heavy atom. The maximum Gasteiger partial charge on any atom is 0.197 e. The van der Waals surface area contributed by atoms with E-state index in [1.807, 2.05) is 30.0 Å². The maximum absolute atomic E-state index is 4.58. The Balaban J connectivity index is 1.63. The summed E-state index contributed by atoms with van der Waals surface area (Å²) in [6, 6.07) is 4.05. The zero-order valence-electron chi connectivity index (χ0n) is 14.0. The first-order valence-corrected chi connectivity index (χ1v) is 9.89. The molecule has 130 valence electrons. The van der Waals surface area contributed by atoms with E-state index in [0.717, 1.165) is 53.4 Å². The van der Waals surface area contributed by atoms with Gasteiger partial charge in [0, 0.05) is 36.1 Å². The number of hydrogen-bond acceptors (Lipinski definition) is 8. The second-order valence-corrected chi connectivity index (χ2v) is 7.11. The fourth-order valence-corrected chi connectivity index (χ4v) is 3.85. The number of guanidine groups is 1. The summed E-state index contributed by atoms with van der Waals surface area (Å²) >= 11 is 3.19. The van der Waals surface area contributed by atoms with Gasteiger partial charge in [0.15, 0.2) is 11.1 Å². The van der Waals surface area contributed by atoms with Crippen molar-refractivity contribution >= 4 is 46.6 Å². The summed E-state index contributed by atoms with van der Waals surface area (Å²) < 4.78 is 0.